The maximum Gasteiger partial charge on any atom is 0.416 e. The Kier molecular flexibility index (Phi) is 3.72. The normalized spacial score (nSPS) is 20.5. The molecule has 0 aromatic heterocycles. The van der Waals surface area contributed by atoms with Crippen LogP contribution in [0.1, 0.15) is 12.0 Å². The quantitative estimate of drug-likeness (QED) is 0.784. The smallest absolute Gasteiger partial charge is 0.311 e. The summed E-state index contributed by atoms with van der Waals surface area (Å²) in [5, 5.41) is -1.04. The Balaban J connectivity index is 2.23. The molecule has 20 heavy (non-hydrogen) atoms. The summed E-state index contributed by atoms with van der Waals surface area (Å²) in [5.74, 6) is -0.487. The highest BCUT2D eigenvalue weighted by atomic mass is 35.7. The van der Waals surface area contributed by atoms with E-state index in [-0.39, 0.29) is 18.7 Å². The van der Waals surface area contributed by atoms with Gasteiger partial charge < -0.3 is 4.90 Å². The van der Waals surface area contributed by atoms with Crippen molar-refractivity contribution in [2.24, 2.45) is 0 Å². The fraction of sp³-hybridized carbons (Fsp3) is 0.364. The van der Waals surface area contributed by atoms with Crippen LogP contribution in [-0.4, -0.2) is 26.1 Å². The van der Waals surface area contributed by atoms with E-state index in [0.29, 0.717) is 0 Å². The third-order valence-corrected chi connectivity index (χ3v) is 4.86. The molecule has 0 spiro atoms. The summed E-state index contributed by atoms with van der Waals surface area (Å²) in [5.41, 5.74) is -0.625. The summed E-state index contributed by atoms with van der Waals surface area (Å²) in [6, 6.07) is 3.93. The van der Waals surface area contributed by atoms with Crippen molar-refractivity contribution >= 4 is 31.3 Å². The molecule has 2 rings (SSSR count). The highest BCUT2D eigenvalue weighted by molar-refractivity contribution is 8.14. The van der Waals surface area contributed by atoms with Gasteiger partial charge in [0.1, 0.15) is 5.25 Å². The Labute approximate surface area is 117 Å². The lowest BCUT2D eigenvalue weighted by Gasteiger charge is -2.17. The minimum atomic E-state index is -4.46. The molecule has 4 nitrogen and oxygen atoms in total. The monoisotopic (exact) mass is 327 g/mol. The van der Waals surface area contributed by atoms with Crippen molar-refractivity contribution in [3.05, 3.63) is 29.8 Å². The van der Waals surface area contributed by atoms with Gasteiger partial charge in [-0.3, -0.25) is 4.79 Å². The van der Waals surface area contributed by atoms with Gasteiger partial charge in [0.05, 0.1) is 5.56 Å². The summed E-state index contributed by atoms with van der Waals surface area (Å²) in [6.07, 6.45) is -4.73. The van der Waals surface area contributed by atoms with Crippen molar-refractivity contribution in [1.82, 2.24) is 0 Å². The molecule has 1 aromatic rings. The predicted molar refractivity (Wildman–Crippen MR) is 67.0 cm³/mol. The molecule has 1 aliphatic rings. The van der Waals surface area contributed by atoms with Crippen molar-refractivity contribution in [1.29, 1.82) is 0 Å². The molecule has 0 bridgehead atoms. The molecule has 1 aliphatic heterocycles. The number of carbonyl (C=O) groups excluding carboxylic acids is 1. The molecule has 1 saturated heterocycles. The predicted octanol–water partition coefficient (Wildman–Crippen LogP) is 2.38. The van der Waals surface area contributed by atoms with Crippen LogP contribution in [0.15, 0.2) is 24.3 Å². The zero-order chi connectivity index (χ0) is 15.1. The Bertz CT molecular complexity index is 627. The van der Waals surface area contributed by atoms with Crippen LogP contribution in [0, 0.1) is 0 Å². The second-order valence-electron chi connectivity index (χ2n) is 4.35. The molecule has 0 aliphatic carbocycles. The van der Waals surface area contributed by atoms with Crippen LogP contribution in [-0.2, 0) is 20.0 Å². The van der Waals surface area contributed by atoms with Gasteiger partial charge in [0.15, 0.2) is 0 Å². The second kappa shape index (κ2) is 4.92. The van der Waals surface area contributed by atoms with Gasteiger partial charge in [-0.05, 0) is 24.3 Å². The zero-order valence-corrected chi connectivity index (χ0v) is 11.5. The first-order valence-corrected chi connectivity index (χ1v) is 7.87. The highest BCUT2D eigenvalue weighted by Gasteiger charge is 2.38. The zero-order valence-electron chi connectivity index (χ0n) is 9.89. The topological polar surface area (TPSA) is 54.5 Å². The first-order valence-electron chi connectivity index (χ1n) is 5.50. The summed E-state index contributed by atoms with van der Waals surface area (Å²) >= 11 is 0. The van der Waals surface area contributed by atoms with Crippen LogP contribution in [0.3, 0.4) is 0 Å². The van der Waals surface area contributed by atoms with E-state index in [1.54, 1.807) is 0 Å². The fourth-order valence-electron chi connectivity index (χ4n) is 1.94. The number of amides is 1. The first kappa shape index (κ1) is 15.1. The molecule has 1 heterocycles. The molecule has 1 fully saturated rings. The van der Waals surface area contributed by atoms with Gasteiger partial charge in [-0.2, -0.15) is 13.2 Å². The Morgan fingerprint density at radius 2 is 1.75 bits per heavy atom. The highest BCUT2D eigenvalue weighted by Crippen LogP contribution is 2.32. The largest absolute Gasteiger partial charge is 0.416 e. The van der Waals surface area contributed by atoms with Gasteiger partial charge in [-0.1, -0.05) is 0 Å². The lowest BCUT2D eigenvalue weighted by molar-refractivity contribution is -0.137. The van der Waals surface area contributed by atoms with Crippen molar-refractivity contribution in [3.8, 4) is 0 Å². The van der Waals surface area contributed by atoms with Crippen molar-refractivity contribution < 1.29 is 26.4 Å². The fourth-order valence-corrected chi connectivity index (χ4v) is 2.97. The average molecular weight is 328 g/mol. The third kappa shape index (κ3) is 3.06. The summed E-state index contributed by atoms with van der Waals surface area (Å²) in [6.45, 7) is -0.157. The van der Waals surface area contributed by atoms with E-state index in [2.05, 4.69) is 0 Å². The van der Waals surface area contributed by atoms with Crippen LogP contribution in [0.2, 0.25) is 0 Å². The lowest BCUT2D eigenvalue weighted by Crippen LogP contribution is -2.26. The Morgan fingerprint density at radius 1 is 1.20 bits per heavy atom. The minimum absolute atomic E-state index is 0.157. The van der Waals surface area contributed by atoms with E-state index in [1.807, 2.05) is 0 Å². The number of alkyl halides is 3. The number of hydrogen-bond acceptors (Lipinski definition) is 3. The minimum Gasteiger partial charge on any atom is -0.311 e. The molecule has 110 valence electrons. The van der Waals surface area contributed by atoms with E-state index in [4.69, 9.17) is 10.7 Å². The average Bonchev–Trinajstić information content (AvgIpc) is 2.70. The number of nitrogens with zero attached hydrogens (tertiary/aromatic N) is 1. The van der Waals surface area contributed by atoms with Gasteiger partial charge in [0.2, 0.25) is 15.0 Å². The maximum atomic E-state index is 12.4. The number of anilines is 1. The SMILES string of the molecule is O=C1CC(S(=O)(=O)Cl)CN1c1ccc(C(F)(F)F)cc1. The van der Waals surface area contributed by atoms with E-state index in [0.717, 1.165) is 29.2 Å². The van der Waals surface area contributed by atoms with Crippen LogP contribution in [0.4, 0.5) is 18.9 Å². The van der Waals surface area contributed by atoms with Gasteiger partial charge in [-0.25, -0.2) is 8.42 Å². The molecular formula is C11H9ClF3NO3S. The molecule has 9 heteroatoms. The maximum absolute atomic E-state index is 12.4. The van der Waals surface area contributed by atoms with E-state index in [9.17, 15) is 26.4 Å². The van der Waals surface area contributed by atoms with Gasteiger partial charge in [0.25, 0.3) is 0 Å². The molecule has 1 aromatic carbocycles. The molecular weight excluding hydrogens is 319 g/mol. The second-order valence-corrected chi connectivity index (χ2v) is 7.26. The van der Waals surface area contributed by atoms with Crippen molar-refractivity contribution in [2.45, 2.75) is 17.8 Å². The summed E-state index contributed by atoms with van der Waals surface area (Å²) in [4.78, 5) is 12.8. The van der Waals surface area contributed by atoms with Crippen LogP contribution in [0.25, 0.3) is 0 Å². The molecule has 1 atom stereocenters. The lowest BCUT2D eigenvalue weighted by atomic mass is 10.2. The number of rotatable bonds is 2. The first-order chi connectivity index (χ1) is 9.09. The molecule has 1 unspecified atom stereocenters. The van der Waals surface area contributed by atoms with E-state index >= 15 is 0 Å². The molecule has 1 amide bonds. The summed E-state index contributed by atoms with van der Waals surface area (Å²) < 4.78 is 59.6. The van der Waals surface area contributed by atoms with Crippen LogP contribution >= 0.6 is 10.7 Å². The number of benzene rings is 1. The Hall–Kier alpha value is -1.28. The standard InChI is InChI=1S/C11H9ClF3NO3S/c12-20(18,19)9-5-10(17)16(6-9)8-3-1-7(2-4-8)11(13,14)15/h1-4,9H,5-6H2. The van der Waals surface area contributed by atoms with Gasteiger partial charge in [0, 0.05) is 29.3 Å². The van der Waals surface area contributed by atoms with Gasteiger partial charge in [-0.15, -0.1) is 0 Å². The number of halogens is 4. The van der Waals surface area contributed by atoms with E-state index < -0.39 is 31.9 Å². The molecule has 0 N–H and O–H groups in total. The molecule has 0 radical (unpaired) electrons. The third-order valence-electron chi connectivity index (χ3n) is 2.99. The van der Waals surface area contributed by atoms with Crippen molar-refractivity contribution in [3.63, 3.8) is 0 Å². The molecule has 0 saturated carbocycles. The van der Waals surface area contributed by atoms with Crippen LogP contribution in [0.5, 0.6) is 0 Å². The van der Waals surface area contributed by atoms with Crippen LogP contribution < -0.4 is 4.90 Å². The van der Waals surface area contributed by atoms with E-state index in [1.165, 1.54) is 0 Å². The van der Waals surface area contributed by atoms with Gasteiger partial charge >= 0.3 is 6.18 Å². The van der Waals surface area contributed by atoms with Crippen molar-refractivity contribution in [2.75, 3.05) is 11.4 Å². The number of hydrogen-bond donors (Lipinski definition) is 0. The Morgan fingerprint density at radius 3 is 2.15 bits per heavy atom. The number of carbonyl (C=O) groups is 1. The summed E-state index contributed by atoms with van der Waals surface area (Å²) in [7, 11) is 1.31.